The number of nitrogens with zero attached hydrogens (tertiary/aromatic N) is 1. The van der Waals surface area contributed by atoms with Crippen molar-refractivity contribution in [2.75, 3.05) is 13.7 Å². The molecule has 0 saturated carbocycles. The van der Waals surface area contributed by atoms with Gasteiger partial charge in [-0.25, -0.2) is 0 Å². The molecule has 0 amide bonds. The topological polar surface area (TPSA) is 67.5 Å². The van der Waals surface area contributed by atoms with Crippen LogP contribution in [-0.2, 0) is 0 Å². The van der Waals surface area contributed by atoms with Gasteiger partial charge in [-0.3, -0.25) is 0 Å². The zero-order valence-corrected chi connectivity index (χ0v) is 12.9. The summed E-state index contributed by atoms with van der Waals surface area (Å²) < 4.78 is 10.3. The number of aliphatic hydroxyl groups is 1. The van der Waals surface area contributed by atoms with Gasteiger partial charge in [0, 0.05) is 18.2 Å². The van der Waals surface area contributed by atoms with E-state index in [1.165, 1.54) is 0 Å². The summed E-state index contributed by atoms with van der Waals surface area (Å²) in [7, 11) is 1.62. The number of aliphatic hydroxyl groups excluding tert-OH is 1. The Labute approximate surface area is 124 Å². The van der Waals surface area contributed by atoms with Crippen molar-refractivity contribution in [2.24, 2.45) is 0 Å². The summed E-state index contributed by atoms with van der Waals surface area (Å²) in [6, 6.07) is 7.49. The molecule has 2 aromatic rings. The van der Waals surface area contributed by atoms with E-state index in [2.05, 4.69) is 10.5 Å². The molecule has 1 heterocycles. The minimum atomic E-state index is -0.571. The van der Waals surface area contributed by atoms with E-state index in [0.29, 0.717) is 6.54 Å². The van der Waals surface area contributed by atoms with Crippen LogP contribution >= 0.6 is 0 Å². The van der Waals surface area contributed by atoms with Gasteiger partial charge in [-0.05, 0) is 38.5 Å². The van der Waals surface area contributed by atoms with E-state index in [-0.39, 0.29) is 6.04 Å². The Kier molecular flexibility index (Phi) is 4.98. The molecule has 2 unspecified atom stereocenters. The van der Waals surface area contributed by atoms with Crippen molar-refractivity contribution in [2.45, 2.75) is 32.9 Å². The summed E-state index contributed by atoms with van der Waals surface area (Å²) in [5, 5.41) is 17.5. The zero-order valence-electron chi connectivity index (χ0n) is 12.9. The van der Waals surface area contributed by atoms with Crippen molar-refractivity contribution in [1.82, 2.24) is 10.5 Å². The summed E-state index contributed by atoms with van der Waals surface area (Å²) in [5.41, 5.74) is 2.79. The van der Waals surface area contributed by atoms with Crippen molar-refractivity contribution in [3.63, 3.8) is 0 Å². The summed E-state index contributed by atoms with van der Waals surface area (Å²) in [6.07, 6.45) is -0.571. The maximum atomic E-state index is 10.2. The molecule has 0 aliphatic rings. The molecule has 1 aromatic carbocycles. The average molecular weight is 290 g/mol. The molecule has 5 heteroatoms. The molecular weight excluding hydrogens is 268 g/mol. The van der Waals surface area contributed by atoms with Gasteiger partial charge in [-0.1, -0.05) is 17.3 Å². The Hall–Kier alpha value is -1.85. The highest BCUT2D eigenvalue weighted by atomic mass is 16.5. The molecule has 2 N–H and O–H groups in total. The molecule has 0 fully saturated rings. The van der Waals surface area contributed by atoms with Crippen LogP contribution in [0.3, 0.4) is 0 Å². The first-order chi connectivity index (χ1) is 10.0. The number of rotatable bonds is 6. The lowest BCUT2D eigenvalue weighted by Crippen LogP contribution is -2.25. The minimum absolute atomic E-state index is 0.0733. The van der Waals surface area contributed by atoms with Crippen LogP contribution in [0.25, 0.3) is 0 Å². The fraction of sp³-hybridized carbons (Fsp3) is 0.438. The van der Waals surface area contributed by atoms with Crippen LogP contribution in [0.5, 0.6) is 5.75 Å². The number of aromatic nitrogens is 1. The minimum Gasteiger partial charge on any atom is -0.497 e. The molecule has 1 aromatic heterocycles. The smallest absolute Gasteiger partial charge is 0.138 e. The third kappa shape index (κ3) is 3.62. The second kappa shape index (κ2) is 6.74. The SMILES string of the molecule is COc1ccc(C(O)CNC(C)c2c(C)noc2C)cc1. The summed E-state index contributed by atoms with van der Waals surface area (Å²) in [5.74, 6) is 1.59. The van der Waals surface area contributed by atoms with E-state index in [0.717, 1.165) is 28.3 Å². The van der Waals surface area contributed by atoms with E-state index in [4.69, 9.17) is 9.26 Å². The van der Waals surface area contributed by atoms with E-state index in [1.54, 1.807) is 7.11 Å². The lowest BCUT2D eigenvalue weighted by atomic mass is 10.1. The van der Waals surface area contributed by atoms with Crippen molar-refractivity contribution >= 4 is 0 Å². The van der Waals surface area contributed by atoms with E-state index in [1.807, 2.05) is 45.0 Å². The van der Waals surface area contributed by atoms with Gasteiger partial charge in [0.25, 0.3) is 0 Å². The fourth-order valence-electron chi connectivity index (χ4n) is 2.44. The van der Waals surface area contributed by atoms with Crippen LogP contribution < -0.4 is 10.1 Å². The normalized spacial score (nSPS) is 14.0. The molecule has 114 valence electrons. The van der Waals surface area contributed by atoms with Crippen molar-refractivity contribution in [3.05, 3.63) is 46.8 Å². The van der Waals surface area contributed by atoms with Gasteiger partial charge in [0.2, 0.25) is 0 Å². The van der Waals surface area contributed by atoms with Crippen LogP contribution in [-0.4, -0.2) is 23.9 Å². The van der Waals surface area contributed by atoms with Crippen LogP contribution in [0.4, 0.5) is 0 Å². The van der Waals surface area contributed by atoms with Gasteiger partial charge >= 0.3 is 0 Å². The quantitative estimate of drug-likeness (QED) is 0.856. The van der Waals surface area contributed by atoms with Crippen LogP contribution in [0.15, 0.2) is 28.8 Å². The number of benzene rings is 1. The number of hydrogen-bond donors (Lipinski definition) is 2. The third-order valence-corrected chi connectivity index (χ3v) is 3.64. The van der Waals surface area contributed by atoms with E-state index < -0.39 is 6.10 Å². The standard InChI is InChI=1S/C16H22N2O3/c1-10(16-11(2)18-21-12(16)3)17-9-15(19)13-5-7-14(20-4)8-6-13/h5-8,10,15,17,19H,9H2,1-4H3. The molecule has 21 heavy (non-hydrogen) atoms. The van der Waals surface area contributed by atoms with Crippen molar-refractivity contribution < 1.29 is 14.4 Å². The fourth-order valence-corrected chi connectivity index (χ4v) is 2.44. The Morgan fingerprint density at radius 3 is 2.48 bits per heavy atom. The van der Waals surface area contributed by atoms with Gasteiger partial charge in [-0.2, -0.15) is 0 Å². The zero-order chi connectivity index (χ0) is 15.4. The molecule has 0 saturated heterocycles. The molecule has 0 aliphatic carbocycles. The molecule has 0 bridgehead atoms. The highest BCUT2D eigenvalue weighted by molar-refractivity contribution is 5.29. The van der Waals surface area contributed by atoms with Crippen molar-refractivity contribution in [1.29, 1.82) is 0 Å². The lowest BCUT2D eigenvalue weighted by molar-refractivity contribution is 0.170. The maximum absolute atomic E-state index is 10.2. The summed E-state index contributed by atoms with van der Waals surface area (Å²) >= 11 is 0. The van der Waals surface area contributed by atoms with Crippen LogP contribution in [0.2, 0.25) is 0 Å². The van der Waals surface area contributed by atoms with E-state index in [9.17, 15) is 5.11 Å². The molecule has 0 aliphatic heterocycles. The van der Waals surface area contributed by atoms with Crippen LogP contribution in [0, 0.1) is 13.8 Å². The predicted octanol–water partition coefficient (Wildman–Crippen LogP) is 2.68. The highest BCUT2D eigenvalue weighted by Crippen LogP contribution is 2.22. The summed E-state index contributed by atoms with van der Waals surface area (Å²) in [4.78, 5) is 0. The molecule has 5 nitrogen and oxygen atoms in total. The number of methoxy groups -OCH3 is 1. The Balaban J connectivity index is 1.95. The predicted molar refractivity (Wildman–Crippen MR) is 80.3 cm³/mol. The first kappa shape index (κ1) is 15.5. The lowest BCUT2D eigenvalue weighted by Gasteiger charge is -2.17. The summed E-state index contributed by atoms with van der Waals surface area (Å²) in [6.45, 7) is 6.31. The monoisotopic (exact) mass is 290 g/mol. The first-order valence-corrected chi connectivity index (χ1v) is 7.01. The molecular formula is C16H22N2O3. The number of hydrogen-bond acceptors (Lipinski definition) is 5. The molecule has 2 atom stereocenters. The number of nitrogens with one attached hydrogen (secondary N) is 1. The Bertz CT molecular complexity index is 558. The number of ether oxygens (including phenoxy) is 1. The van der Waals surface area contributed by atoms with Gasteiger partial charge in [-0.15, -0.1) is 0 Å². The van der Waals surface area contributed by atoms with E-state index >= 15 is 0 Å². The third-order valence-electron chi connectivity index (χ3n) is 3.64. The molecule has 2 rings (SSSR count). The van der Waals surface area contributed by atoms with Gasteiger partial charge in [0.15, 0.2) is 0 Å². The Morgan fingerprint density at radius 1 is 1.29 bits per heavy atom. The first-order valence-electron chi connectivity index (χ1n) is 7.01. The molecule has 0 radical (unpaired) electrons. The second-order valence-electron chi connectivity index (χ2n) is 5.16. The second-order valence-corrected chi connectivity index (χ2v) is 5.16. The van der Waals surface area contributed by atoms with Gasteiger partial charge in [0.05, 0.1) is 18.9 Å². The molecule has 0 spiro atoms. The van der Waals surface area contributed by atoms with Crippen LogP contribution in [0.1, 0.15) is 41.7 Å². The average Bonchev–Trinajstić information content (AvgIpc) is 2.83. The largest absolute Gasteiger partial charge is 0.497 e. The number of aryl methyl sites for hydroxylation is 2. The van der Waals surface area contributed by atoms with Gasteiger partial charge in [0.1, 0.15) is 11.5 Å². The highest BCUT2D eigenvalue weighted by Gasteiger charge is 2.17. The maximum Gasteiger partial charge on any atom is 0.138 e. The Morgan fingerprint density at radius 2 is 1.95 bits per heavy atom. The van der Waals surface area contributed by atoms with Gasteiger partial charge < -0.3 is 19.7 Å². The van der Waals surface area contributed by atoms with Crippen molar-refractivity contribution in [3.8, 4) is 5.75 Å².